The number of hydrogen-bond acceptors (Lipinski definition) is 6. The number of amides is 1. The van der Waals surface area contributed by atoms with Crippen LogP contribution in [0, 0.1) is 0 Å². The number of anilines is 1. The van der Waals surface area contributed by atoms with Crippen molar-refractivity contribution in [1.29, 1.82) is 0 Å². The molecule has 1 N–H and O–H groups in total. The van der Waals surface area contributed by atoms with Crippen LogP contribution >= 0.6 is 11.8 Å². The largest absolute Gasteiger partial charge is 0.493 e. The second kappa shape index (κ2) is 9.09. The molecular weight excluding hydrogens is 412 g/mol. The minimum Gasteiger partial charge on any atom is -0.493 e. The van der Waals surface area contributed by atoms with Crippen LogP contribution in [0.5, 0.6) is 11.5 Å². The molecule has 0 atom stereocenters. The average molecular weight is 435 g/mol. The molecule has 0 aliphatic carbocycles. The highest BCUT2D eigenvalue weighted by molar-refractivity contribution is 7.99. The molecule has 0 aliphatic heterocycles. The molecule has 0 unspecified atom stereocenters. The van der Waals surface area contributed by atoms with Crippen molar-refractivity contribution in [2.24, 2.45) is 7.05 Å². The topological polar surface area (TPSA) is 78.3 Å². The number of nitrogens with zero attached hydrogens (tertiary/aromatic N) is 3. The van der Waals surface area contributed by atoms with Crippen LogP contribution in [0.1, 0.15) is 0 Å². The van der Waals surface area contributed by atoms with E-state index < -0.39 is 0 Å². The van der Waals surface area contributed by atoms with Gasteiger partial charge in [0.25, 0.3) is 0 Å². The van der Waals surface area contributed by atoms with Crippen molar-refractivity contribution in [2.45, 2.75) is 5.16 Å². The van der Waals surface area contributed by atoms with Crippen LogP contribution in [-0.2, 0) is 11.8 Å². The Morgan fingerprint density at radius 2 is 1.77 bits per heavy atom. The van der Waals surface area contributed by atoms with Crippen LogP contribution in [0.15, 0.2) is 65.8 Å². The van der Waals surface area contributed by atoms with Gasteiger partial charge in [0, 0.05) is 23.7 Å². The average Bonchev–Trinajstić information content (AvgIpc) is 3.17. The first-order valence-corrected chi connectivity index (χ1v) is 10.6. The standard InChI is InChI=1S/C23H22N4O3S/c1-27-22(16-11-12-19(29-2)20(13-16)30-3)25-26-23(27)31-14-21(28)24-18-10-6-8-15-7-4-5-9-17(15)18/h4-13H,14H2,1-3H3,(H,24,28). The first-order chi connectivity index (χ1) is 15.1. The molecule has 0 aliphatic rings. The highest BCUT2D eigenvalue weighted by Crippen LogP contribution is 2.32. The summed E-state index contributed by atoms with van der Waals surface area (Å²) in [5, 5.41) is 14.3. The summed E-state index contributed by atoms with van der Waals surface area (Å²) in [6.07, 6.45) is 0. The number of nitrogens with one attached hydrogen (secondary N) is 1. The zero-order valence-corrected chi connectivity index (χ0v) is 18.3. The Morgan fingerprint density at radius 1 is 1.00 bits per heavy atom. The molecule has 0 saturated heterocycles. The van der Waals surface area contributed by atoms with Crippen molar-refractivity contribution in [1.82, 2.24) is 14.8 Å². The zero-order chi connectivity index (χ0) is 21.8. The van der Waals surface area contributed by atoms with Gasteiger partial charge in [0.1, 0.15) is 0 Å². The van der Waals surface area contributed by atoms with Crippen LogP contribution in [0.4, 0.5) is 5.69 Å². The van der Waals surface area contributed by atoms with Gasteiger partial charge in [-0.3, -0.25) is 4.79 Å². The highest BCUT2D eigenvalue weighted by Gasteiger charge is 2.15. The Kier molecular flexibility index (Phi) is 6.08. The fourth-order valence-corrected chi connectivity index (χ4v) is 4.03. The molecule has 7 nitrogen and oxygen atoms in total. The maximum Gasteiger partial charge on any atom is 0.234 e. The third-order valence-electron chi connectivity index (χ3n) is 4.87. The van der Waals surface area contributed by atoms with E-state index in [0.29, 0.717) is 22.5 Å². The van der Waals surface area contributed by atoms with Crippen molar-refractivity contribution in [2.75, 3.05) is 25.3 Å². The van der Waals surface area contributed by atoms with Gasteiger partial charge in [-0.15, -0.1) is 10.2 Å². The number of carbonyl (C=O) groups excluding carboxylic acids is 1. The molecule has 0 bridgehead atoms. The fourth-order valence-electron chi connectivity index (χ4n) is 3.32. The Hall–Kier alpha value is -3.52. The van der Waals surface area contributed by atoms with Gasteiger partial charge >= 0.3 is 0 Å². The summed E-state index contributed by atoms with van der Waals surface area (Å²) in [5.74, 6) is 2.07. The van der Waals surface area contributed by atoms with E-state index in [1.807, 2.05) is 72.3 Å². The summed E-state index contributed by atoms with van der Waals surface area (Å²) >= 11 is 1.33. The van der Waals surface area contributed by atoms with E-state index in [-0.39, 0.29) is 11.7 Å². The van der Waals surface area contributed by atoms with Gasteiger partial charge in [-0.1, -0.05) is 48.2 Å². The lowest BCUT2D eigenvalue weighted by molar-refractivity contribution is -0.113. The molecule has 8 heteroatoms. The van der Waals surface area contributed by atoms with Crippen molar-refractivity contribution in [3.8, 4) is 22.9 Å². The molecule has 158 valence electrons. The molecule has 0 fully saturated rings. The molecule has 0 radical (unpaired) electrons. The monoisotopic (exact) mass is 434 g/mol. The van der Waals surface area contributed by atoms with Crippen molar-refractivity contribution >= 4 is 34.1 Å². The molecule has 4 rings (SSSR count). The summed E-state index contributed by atoms with van der Waals surface area (Å²) in [6.45, 7) is 0. The number of benzene rings is 3. The Bertz CT molecular complexity index is 1230. The SMILES string of the molecule is COc1ccc(-c2nnc(SCC(=O)Nc3cccc4ccccc34)n2C)cc1OC. The summed E-state index contributed by atoms with van der Waals surface area (Å²) in [7, 11) is 5.06. The smallest absolute Gasteiger partial charge is 0.234 e. The zero-order valence-electron chi connectivity index (χ0n) is 17.5. The molecule has 1 amide bonds. The summed E-state index contributed by atoms with van der Waals surface area (Å²) in [6, 6.07) is 19.4. The molecular formula is C23H22N4O3S. The summed E-state index contributed by atoms with van der Waals surface area (Å²) < 4.78 is 12.5. The van der Waals surface area contributed by atoms with Crippen molar-refractivity contribution in [3.05, 3.63) is 60.7 Å². The van der Waals surface area contributed by atoms with E-state index in [9.17, 15) is 4.79 Å². The van der Waals surface area contributed by atoms with E-state index >= 15 is 0 Å². The molecule has 0 spiro atoms. The maximum absolute atomic E-state index is 12.6. The lowest BCUT2D eigenvalue weighted by atomic mass is 10.1. The Morgan fingerprint density at radius 3 is 2.58 bits per heavy atom. The third-order valence-corrected chi connectivity index (χ3v) is 5.89. The number of thioether (sulfide) groups is 1. The summed E-state index contributed by atoms with van der Waals surface area (Å²) in [5.41, 5.74) is 1.65. The Balaban J connectivity index is 1.46. The summed E-state index contributed by atoms with van der Waals surface area (Å²) in [4.78, 5) is 12.6. The lowest BCUT2D eigenvalue weighted by Crippen LogP contribution is -2.14. The van der Waals surface area contributed by atoms with E-state index in [0.717, 1.165) is 22.0 Å². The number of carbonyl (C=O) groups is 1. The second-order valence-corrected chi connectivity index (χ2v) is 7.74. The number of rotatable bonds is 7. The molecule has 3 aromatic carbocycles. The van der Waals surface area contributed by atoms with E-state index in [1.165, 1.54) is 11.8 Å². The predicted octanol–water partition coefficient (Wildman–Crippen LogP) is 4.38. The molecule has 4 aromatic rings. The van der Waals surface area contributed by atoms with Crippen molar-refractivity contribution < 1.29 is 14.3 Å². The maximum atomic E-state index is 12.6. The van der Waals surface area contributed by atoms with Crippen molar-refractivity contribution in [3.63, 3.8) is 0 Å². The fraction of sp³-hybridized carbons (Fsp3) is 0.174. The molecule has 1 heterocycles. The van der Waals surface area contributed by atoms with Gasteiger partial charge in [-0.05, 0) is 29.7 Å². The number of ether oxygens (including phenoxy) is 2. The first kappa shape index (κ1) is 20.7. The predicted molar refractivity (Wildman–Crippen MR) is 123 cm³/mol. The van der Waals surface area contributed by atoms with E-state index in [4.69, 9.17) is 9.47 Å². The van der Waals surface area contributed by atoms with Gasteiger partial charge in [-0.2, -0.15) is 0 Å². The minimum absolute atomic E-state index is 0.1000. The Labute approximate surface area is 184 Å². The number of methoxy groups -OCH3 is 2. The van der Waals surface area contributed by atoms with Crippen LogP contribution in [0.2, 0.25) is 0 Å². The second-order valence-electron chi connectivity index (χ2n) is 6.80. The number of fused-ring (bicyclic) bond motifs is 1. The van der Waals surface area contributed by atoms with Crippen LogP contribution < -0.4 is 14.8 Å². The van der Waals surface area contributed by atoms with Gasteiger partial charge in [0.05, 0.1) is 20.0 Å². The van der Waals surface area contributed by atoms with Crippen LogP contribution in [0.25, 0.3) is 22.2 Å². The van der Waals surface area contributed by atoms with Gasteiger partial charge in [-0.25, -0.2) is 0 Å². The molecule has 31 heavy (non-hydrogen) atoms. The van der Waals surface area contributed by atoms with E-state index in [2.05, 4.69) is 15.5 Å². The minimum atomic E-state index is -0.1000. The van der Waals surface area contributed by atoms with E-state index in [1.54, 1.807) is 14.2 Å². The van der Waals surface area contributed by atoms with Crippen LogP contribution in [0.3, 0.4) is 0 Å². The first-order valence-electron chi connectivity index (χ1n) is 9.63. The number of aromatic nitrogens is 3. The quantitative estimate of drug-likeness (QED) is 0.435. The van der Waals surface area contributed by atoms with Gasteiger partial charge < -0.3 is 19.4 Å². The lowest BCUT2D eigenvalue weighted by Gasteiger charge is -2.10. The number of hydrogen-bond donors (Lipinski definition) is 1. The molecule has 0 saturated carbocycles. The third kappa shape index (κ3) is 4.34. The van der Waals surface area contributed by atoms with Gasteiger partial charge in [0.2, 0.25) is 5.91 Å². The molecule has 1 aromatic heterocycles. The van der Waals surface area contributed by atoms with Gasteiger partial charge in [0.15, 0.2) is 22.5 Å². The van der Waals surface area contributed by atoms with Crippen LogP contribution in [-0.4, -0.2) is 40.6 Å². The normalized spacial score (nSPS) is 10.8. The highest BCUT2D eigenvalue weighted by atomic mass is 32.2.